The largest absolute Gasteiger partial charge is 0.272 e. The van der Waals surface area contributed by atoms with Crippen molar-refractivity contribution in [3.8, 4) is 0 Å². The Balaban J connectivity index is 2.31. The summed E-state index contributed by atoms with van der Waals surface area (Å²) in [6.45, 7) is 3.93. The van der Waals surface area contributed by atoms with Crippen molar-refractivity contribution in [2.75, 3.05) is 5.01 Å². The molecule has 0 aromatic heterocycles. The van der Waals surface area contributed by atoms with Crippen LogP contribution in [0.1, 0.15) is 21.5 Å². The van der Waals surface area contributed by atoms with E-state index in [0.29, 0.717) is 11.3 Å². The van der Waals surface area contributed by atoms with Crippen LogP contribution in [0.25, 0.3) is 0 Å². The van der Waals surface area contributed by atoms with Crippen molar-refractivity contribution in [3.05, 3.63) is 65.2 Å². The number of para-hydroxylation sites is 1. The van der Waals surface area contributed by atoms with E-state index in [4.69, 9.17) is 5.84 Å². The first-order valence-electron chi connectivity index (χ1n) is 5.80. The van der Waals surface area contributed by atoms with Gasteiger partial charge < -0.3 is 0 Å². The van der Waals surface area contributed by atoms with Crippen LogP contribution in [0.2, 0.25) is 0 Å². The van der Waals surface area contributed by atoms with E-state index < -0.39 is 0 Å². The summed E-state index contributed by atoms with van der Waals surface area (Å²) < 4.78 is 0. The number of carbonyl (C=O) groups is 1. The first-order valence-corrected chi connectivity index (χ1v) is 5.80. The molecule has 2 aromatic rings. The van der Waals surface area contributed by atoms with Gasteiger partial charge in [0.1, 0.15) is 0 Å². The predicted molar refractivity (Wildman–Crippen MR) is 73.4 cm³/mol. The average Bonchev–Trinajstić information content (AvgIpc) is 2.37. The van der Waals surface area contributed by atoms with Gasteiger partial charge in [-0.2, -0.15) is 0 Å². The molecule has 0 aliphatic carbocycles. The highest BCUT2D eigenvalue weighted by atomic mass is 16.2. The quantitative estimate of drug-likeness (QED) is 0.498. The molecule has 18 heavy (non-hydrogen) atoms. The number of rotatable bonds is 2. The molecule has 1 amide bonds. The van der Waals surface area contributed by atoms with Crippen LogP contribution in [0.3, 0.4) is 0 Å². The molecule has 0 unspecified atom stereocenters. The van der Waals surface area contributed by atoms with Gasteiger partial charge in [-0.3, -0.25) is 4.79 Å². The summed E-state index contributed by atoms with van der Waals surface area (Å²) in [5.41, 5.74) is 3.40. The lowest BCUT2D eigenvalue weighted by Crippen LogP contribution is -2.37. The Bertz CT molecular complexity index is 544. The van der Waals surface area contributed by atoms with Crippen molar-refractivity contribution < 1.29 is 4.79 Å². The average molecular weight is 240 g/mol. The third kappa shape index (κ3) is 2.57. The Hall–Kier alpha value is -2.13. The zero-order valence-corrected chi connectivity index (χ0v) is 10.6. The van der Waals surface area contributed by atoms with Crippen LogP contribution in [0, 0.1) is 13.8 Å². The van der Waals surface area contributed by atoms with E-state index in [9.17, 15) is 4.79 Å². The molecule has 0 saturated carbocycles. The molecule has 0 radical (unpaired) electrons. The maximum absolute atomic E-state index is 12.3. The second-order valence-electron chi connectivity index (χ2n) is 4.39. The lowest BCUT2D eigenvalue weighted by Gasteiger charge is -2.17. The molecular formula is C15H16N2O. The number of benzene rings is 2. The molecular weight excluding hydrogens is 224 g/mol. The monoisotopic (exact) mass is 240 g/mol. The lowest BCUT2D eigenvalue weighted by atomic mass is 10.1. The van der Waals surface area contributed by atoms with Crippen LogP contribution in [-0.2, 0) is 0 Å². The third-order valence-corrected chi connectivity index (χ3v) is 2.72. The van der Waals surface area contributed by atoms with Gasteiger partial charge in [0, 0.05) is 5.56 Å². The van der Waals surface area contributed by atoms with Gasteiger partial charge in [0.15, 0.2) is 0 Å². The number of hydrogen-bond acceptors (Lipinski definition) is 2. The van der Waals surface area contributed by atoms with Crippen LogP contribution in [0.4, 0.5) is 5.69 Å². The van der Waals surface area contributed by atoms with Crippen LogP contribution in [0.15, 0.2) is 48.5 Å². The van der Waals surface area contributed by atoms with Gasteiger partial charge in [-0.05, 0) is 38.1 Å². The molecule has 3 heteroatoms. The van der Waals surface area contributed by atoms with Crippen molar-refractivity contribution in [3.63, 3.8) is 0 Å². The first-order chi connectivity index (χ1) is 8.58. The van der Waals surface area contributed by atoms with Crippen LogP contribution in [0.5, 0.6) is 0 Å². The Kier molecular flexibility index (Phi) is 3.44. The fourth-order valence-corrected chi connectivity index (χ4v) is 1.94. The molecule has 2 rings (SSSR count). The predicted octanol–water partition coefficient (Wildman–Crippen LogP) is 2.82. The van der Waals surface area contributed by atoms with E-state index in [1.165, 1.54) is 5.01 Å². The van der Waals surface area contributed by atoms with E-state index in [1.54, 1.807) is 12.1 Å². The first kappa shape index (κ1) is 12.3. The van der Waals surface area contributed by atoms with Crippen molar-refractivity contribution in [1.82, 2.24) is 0 Å². The molecule has 0 saturated heterocycles. The van der Waals surface area contributed by atoms with Crippen molar-refractivity contribution in [2.45, 2.75) is 13.8 Å². The summed E-state index contributed by atoms with van der Waals surface area (Å²) in [6.07, 6.45) is 0. The number of hydrogen-bond donors (Lipinski definition) is 1. The SMILES string of the molecule is Cc1cc(C)cc(C(=O)N(N)c2ccccc2)c1. The molecule has 0 fully saturated rings. The van der Waals surface area contributed by atoms with E-state index >= 15 is 0 Å². The van der Waals surface area contributed by atoms with Gasteiger partial charge in [-0.15, -0.1) is 0 Å². The summed E-state index contributed by atoms with van der Waals surface area (Å²) in [7, 11) is 0. The molecule has 2 N–H and O–H groups in total. The standard InChI is InChI=1S/C15H16N2O/c1-11-8-12(2)10-13(9-11)15(18)17(16)14-6-4-3-5-7-14/h3-10H,16H2,1-2H3. The number of anilines is 1. The minimum absolute atomic E-state index is 0.201. The van der Waals surface area contributed by atoms with E-state index in [0.717, 1.165) is 11.1 Å². The smallest absolute Gasteiger partial charge is 0.267 e. The van der Waals surface area contributed by atoms with Crippen LogP contribution >= 0.6 is 0 Å². The molecule has 2 aromatic carbocycles. The van der Waals surface area contributed by atoms with Gasteiger partial charge in [0.05, 0.1) is 5.69 Å². The Labute approximate surface area is 107 Å². The number of carbonyl (C=O) groups excluding carboxylic acids is 1. The van der Waals surface area contributed by atoms with Crippen molar-refractivity contribution in [2.24, 2.45) is 5.84 Å². The fraction of sp³-hybridized carbons (Fsp3) is 0.133. The van der Waals surface area contributed by atoms with Crippen LogP contribution in [-0.4, -0.2) is 5.91 Å². The minimum atomic E-state index is -0.201. The topological polar surface area (TPSA) is 46.3 Å². The molecule has 3 nitrogen and oxygen atoms in total. The maximum atomic E-state index is 12.3. The van der Waals surface area contributed by atoms with Crippen molar-refractivity contribution in [1.29, 1.82) is 0 Å². The lowest BCUT2D eigenvalue weighted by molar-refractivity contribution is 0.0986. The highest BCUT2D eigenvalue weighted by Crippen LogP contribution is 2.15. The normalized spacial score (nSPS) is 10.2. The summed E-state index contributed by atoms with van der Waals surface area (Å²) in [5, 5.41) is 1.17. The molecule has 0 atom stereocenters. The van der Waals surface area contributed by atoms with Crippen LogP contribution < -0.4 is 10.9 Å². The Morgan fingerprint density at radius 2 is 1.56 bits per heavy atom. The second kappa shape index (κ2) is 5.02. The highest BCUT2D eigenvalue weighted by molar-refractivity contribution is 6.05. The summed E-state index contributed by atoms with van der Waals surface area (Å²) in [5.74, 6) is 5.65. The summed E-state index contributed by atoms with van der Waals surface area (Å²) in [6, 6.07) is 14.9. The summed E-state index contributed by atoms with van der Waals surface area (Å²) in [4.78, 5) is 12.3. The summed E-state index contributed by atoms with van der Waals surface area (Å²) >= 11 is 0. The van der Waals surface area contributed by atoms with Gasteiger partial charge >= 0.3 is 0 Å². The van der Waals surface area contributed by atoms with Gasteiger partial charge in [0.2, 0.25) is 0 Å². The zero-order chi connectivity index (χ0) is 13.1. The minimum Gasteiger partial charge on any atom is -0.267 e. The number of aryl methyl sites for hydroxylation is 2. The van der Waals surface area contributed by atoms with E-state index in [-0.39, 0.29) is 5.91 Å². The maximum Gasteiger partial charge on any atom is 0.272 e. The van der Waals surface area contributed by atoms with E-state index in [1.807, 2.05) is 50.2 Å². The molecule has 0 aliphatic heterocycles. The third-order valence-electron chi connectivity index (χ3n) is 2.72. The van der Waals surface area contributed by atoms with Crippen molar-refractivity contribution >= 4 is 11.6 Å². The second-order valence-corrected chi connectivity index (χ2v) is 4.39. The number of hydrazine groups is 1. The van der Waals surface area contributed by atoms with Gasteiger partial charge in [-0.1, -0.05) is 35.4 Å². The molecule has 0 spiro atoms. The van der Waals surface area contributed by atoms with E-state index in [2.05, 4.69) is 0 Å². The highest BCUT2D eigenvalue weighted by Gasteiger charge is 2.14. The Morgan fingerprint density at radius 1 is 1.00 bits per heavy atom. The number of nitrogens with two attached hydrogens (primary N) is 1. The molecule has 92 valence electrons. The number of nitrogens with zero attached hydrogens (tertiary/aromatic N) is 1. The van der Waals surface area contributed by atoms with Gasteiger partial charge in [-0.25, -0.2) is 10.9 Å². The number of amides is 1. The van der Waals surface area contributed by atoms with Gasteiger partial charge in [0.25, 0.3) is 5.91 Å². The molecule has 0 bridgehead atoms. The Morgan fingerprint density at radius 3 is 2.11 bits per heavy atom. The zero-order valence-electron chi connectivity index (χ0n) is 10.6. The molecule has 0 heterocycles. The fourth-order valence-electron chi connectivity index (χ4n) is 1.94. The molecule has 0 aliphatic rings.